The Morgan fingerprint density at radius 3 is 2.56 bits per heavy atom. The molecule has 4 heteroatoms. The van der Waals surface area contributed by atoms with Crippen LogP contribution >= 0.6 is 0 Å². The molecule has 4 nitrogen and oxygen atoms in total. The fraction of sp³-hybridized carbons (Fsp3) is 0.417. The van der Waals surface area contributed by atoms with E-state index in [9.17, 15) is 4.79 Å². The van der Waals surface area contributed by atoms with E-state index < -0.39 is 6.10 Å². The summed E-state index contributed by atoms with van der Waals surface area (Å²) in [6.45, 7) is 4.03. The monoisotopic (exact) mass is 223 g/mol. The van der Waals surface area contributed by atoms with Crippen molar-refractivity contribution in [2.24, 2.45) is 0 Å². The van der Waals surface area contributed by atoms with Crippen LogP contribution in [0.25, 0.3) is 0 Å². The van der Waals surface area contributed by atoms with Gasteiger partial charge in [0.1, 0.15) is 5.75 Å². The van der Waals surface area contributed by atoms with E-state index in [-0.39, 0.29) is 5.97 Å². The van der Waals surface area contributed by atoms with Gasteiger partial charge in [-0.2, -0.15) is 0 Å². The van der Waals surface area contributed by atoms with Crippen molar-refractivity contribution in [3.8, 4) is 5.75 Å². The van der Waals surface area contributed by atoms with Crippen LogP contribution in [-0.2, 0) is 9.53 Å². The Labute approximate surface area is 95.3 Å². The fourth-order valence-corrected chi connectivity index (χ4v) is 1.12. The third-order valence-electron chi connectivity index (χ3n) is 1.97. The second-order valence-electron chi connectivity index (χ2n) is 3.50. The lowest BCUT2D eigenvalue weighted by Gasteiger charge is -2.13. The van der Waals surface area contributed by atoms with Crippen LogP contribution in [0.5, 0.6) is 5.75 Å². The van der Waals surface area contributed by atoms with E-state index in [2.05, 4.69) is 0 Å². The smallest absolute Gasteiger partial charge is 0.347 e. The highest BCUT2D eigenvalue weighted by Gasteiger charge is 2.15. The van der Waals surface area contributed by atoms with Gasteiger partial charge in [-0.15, -0.1) is 0 Å². The van der Waals surface area contributed by atoms with Gasteiger partial charge in [0.2, 0.25) is 0 Å². The number of anilines is 1. The molecule has 88 valence electrons. The summed E-state index contributed by atoms with van der Waals surface area (Å²) in [5, 5.41) is 0. The maximum atomic E-state index is 11.4. The van der Waals surface area contributed by atoms with Gasteiger partial charge in [0.05, 0.1) is 6.61 Å². The number of carbonyl (C=O) groups is 1. The van der Waals surface area contributed by atoms with Gasteiger partial charge in [-0.3, -0.25) is 0 Å². The van der Waals surface area contributed by atoms with E-state index in [1.165, 1.54) is 0 Å². The molecule has 1 atom stereocenters. The number of rotatable bonds is 5. The summed E-state index contributed by atoms with van der Waals surface area (Å²) in [5.74, 6) is 0.258. The molecule has 1 aromatic rings. The zero-order valence-electron chi connectivity index (χ0n) is 9.60. The summed E-state index contributed by atoms with van der Waals surface area (Å²) >= 11 is 0. The molecular weight excluding hydrogens is 206 g/mol. The molecule has 0 aliphatic carbocycles. The fourth-order valence-electron chi connectivity index (χ4n) is 1.12. The zero-order chi connectivity index (χ0) is 12.0. The van der Waals surface area contributed by atoms with E-state index in [0.29, 0.717) is 18.0 Å². The van der Waals surface area contributed by atoms with E-state index >= 15 is 0 Å². The Kier molecular flexibility index (Phi) is 4.64. The highest BCUT2D eigenvalue weighted by molar-refractivity contribution is 5.74. The minimum atomic E-state index is -0.602. The van der Waals surface area contributed by atoms with Crippen molar-refractivity contribution in [1.29, 1.82) is 0 Å². The second kappa shape index (κ2) is 6.00. The Morgan fingerprint density at radius 1 is 1.38 bits per heavy atom. The van der Waals surface area contributed by atoms with Crippen molar-refractivity contribution in [1.82, 2.24) is 0 Å². The SMILES string of the molecule is CCCOC(=O)C(C)Oc1ccc(N)cc1. The van der Waals surface area contributed by atoms with Crippen LogP contribution in [0.1, 0.15) is 20.3 Å². The molecule has 0 fully saturated rings. The number of esters is 1. The van der Waals surface area contributed by atoms with Gasteiger partial charge in [-0.25, -0.2) is 4.79 Å². The summed E-state index contributed by atoms with van der Waals surface area (Å²) in [6.07, 6.45) is 0.204. The van der Waals surface area contributed by atoms with Crippen LogP contribution < -0.4 is 10.5 Å². The number of benzene rings is 1. The summed E-state index contributed by atoms with van der Waals surface area (Å²) < 4.78 is 10.4. The topological polar surface area (TPSA) is 61.5 Å². The number of carbonyl (C=O) groups excluding carboxylic acids is 1. The van der Waals surface area contributed by atoms with E-state index in [1.54, 1.807) is 31.2 Å². The molecule has 0 amide bonds. The van der Waals surface area contributed by atoms with Crippen LogP contribution in [0.2, 0.25) is 0 Å². The Hall–Kier alpha value is -1.71. The lowest BCUT2D eigenvalue weighted by atomic mass is 10.3. The minimum absolute atomic E-state index is 0.348. The Bertz CT molecular complexity index is 335. The molecule has 0 saturated heterocycles. The summed E-state index contributed by atoms with van der Waals surface area (Å²) in [4.78, 5) is 11.4. The lowest BCUT2D eigenvalue weighted by molar-refractivity contribution is -0.151. The maximum absolute atomic E-state index is 11.4. The van der Waals surface area contributed by atoms with Crippen molar-refractivity contribution in [3.63, 3.8) is 0 Å². The van der Waals surface area contributed by atoms with Crippen LogP contribution in [0.3, 0.4) is 0 Å². The predicted molar refractivity (Wildman–Crippen MR) is 62.2 cm³/mol. The number of nitrogens with two attached hydrogens (primary N) is 1. The normalized spacial score (nSPS) is 11.9. The van der Waals surface area contributed by atoms with Crippen molar-refractivity contribution < 1.29 is 14.3 Å². The predicted octanol–water partition coefficient (Wildman–Crippen LogP) is 1.99. The van der Waals surface area contributed by atoms with Crippen molar-refractivity contribution in [3.05, 3.63) is 24.3 Å². The molecule has 16 heavy (non-hydrogen) atoms. The zero-order valence-corrected chi connectivity index (χ0v) is 9.60. The highest BCUT2D eigenvalue weighted by Crippen LogP contribution is 2.15. The van der Waals surface area contributed by atoms with Crippen molar-refractivity contribution >= 4 is 11.7 Å². The molecule has 0 saturated carbocycles. The molecule has 0 radical (unpaired) electrons. The molecule has 2 N–H and O–H groups in total. The number of nitrogen functional groups attached to an aromatic ring is 1. The Morgan fingerprint density at radius 2 is 2.00 bits per heavy atom. The van der Waals surface area contributed by atoms with Crippen molar-refractivity contribution in [2.75, 3.05) is 12.3 Å². The third kappa shape index (κ3) is 3.81. The van der Waals surface area contributed by atoms with Gasteiger partial charge in [-0.05, 0) is 37.6 Å². The summed E-state index contributed by atoms with van der Waals surface area (Å²) in [5.41, 5.74) is 6.20. The molecule has 0 aliphatic heterocycles. The molecule has 0 aromatic heterocycles. The van der Waals surface area contributed by atoms with Gasteiger partial charge in [-0.1, -0.05) is 6.92 Å². The first-order chi connectivity index (χ1) is 7.63. The summed E-state index contributed by atoms with van der Waals surface area (Å²) in [7, 11) is 0. The highest BCUT2D eigenvalue weighted by atomic mass is 16.6. The summed E-state index contributed by atoms with van der Waals surface area (Å²) in [6, 6.07) is 6.89. The molecule has 0 heterocycles. The first kappa shape index (κ1) is 12.4. The largest absolute Gasteiger partial charge is 0.479 e. The molecular formula is C12H17NO3. The standard InChI is InChI=1S/C12H17NO3/c1-3-8-15-12(14)9(2)16-11-6-4-10(13)5-7-11/h4-7,9H,3,8,13H2,1-2H3. The van der Waals surface area contributed by atoms with Crippen molar-refractivity contribution in [2.45, 2.75) is 26.4 Å². The average molecular weight is 223 g/mol. The van der Waals surface area contributed by atoms with Crippen LogP contribution in [0, 0.1) is 0 Å². The Balaban J connectivity index is 2.47. The minimum Gasteiger partial charge on any atom is -0.479 e. The first-order valence-corrected chi connectivity index (χ1v) is 5.32. The second-order valence-corrected chi connectivity index (χ2v) is 3.50. The van der Waals surface area contributed by atoms with Gasteiger partial charge >= 0.3 is 5.97 Å². The average Bonchev–Trinajstić information content (AvgIpc) is 2.29. The molecule has 1 unspecified atom stereocenters. The van der Waals surface area contributed by atoms with Crippen LogP contribution in [0.4, 0.5) is 5.69 Å². The number of ether oxygens (including phenoxy) is 2. The number of hydrogen-bond acceptors (Lipinski definition) is 4. The molecule has 0 spiro atoms. The van der Waals surface area contributed by atoms with Crippen LogP contribution in [-0.4, -0.2) is 18.7 Å². The third-order valence-corrected chi connectivity index (χ3v) is 1.97. The van der Waals surface area contributed by atoms with E-state index in [0.717, 1.165) is 6.42 Å². The van der Waals surface area contributed by atoms with E-state index in [4.69, 9.17) is 15.2 Å². The van der Waals surface area contributed by atoms with Crippen LogP contribution in [0.15, 0.2) is 24.3 Å². The van der Waals surface area contributed by atoms with Gasteiger partial charge in [0.15, 0.2) is 6.10 Å². The van der Waals surface area contributed by atoms with E-state index in [1.807, 2.05) is 6.92 Å². The molecule has 1 aromatic carbocycles. The number of hydrogen-bond donors (Lipinski definition) is 1. The maximum Gasteiger partial charge on any atom is 0.347 e. The quantitative estimate of drug-likeness (QED) is 0.612. The molecule has 0 aliphatic rings. The molecule has 0 bridgehead atoms. The first-order valence-electron chi connectivity index (χ1n) is 5.32. The lowest BCUT2D eigenvalue weighted by Crippen LogP contribution is -2.26. The van der Waals surface area contributed by atoms with Gasteiger partial charge < -0.3 is 15.2 Å². The van der Waals surface area contributed by atoms with Gasteiger partial charge in [0, 0.05) is 5.69 Å². The molecule has 1 rings (SSSR count). The van der Waals surface area contributed by atoms with Gasteiger partial charge in [0.25, 0.3) is 0 Å².